The second-order valence-corrected chi connectivity index (χ2v) is 7.43. The Labute approximate surface area is 195 Å². The summed E-state index contributed by atoms with van der Waals surface area (Å²) in [5, 5.41) is 14.1. The van der Waals surface area contributed by atoms with Gasteiger partial charge in [0.15, 0.2) is 0 Å². The number of amides is 2. The van der Waals surface area contributed by atoms with E-state index in [1.807, 2.05) is 30.3 Å². The number of hydrogen-bond donors (Lipinski definition) is 1. The average molecular weight is 459 g/mol. The van der Waals surface area contributed by atoms with E-state index < -0.39 is 16.7 Å². The van der Waals surface area contributed by atoms with Crippen LogP contribution in [0.2, 0.25) is 0 Å². The number of carbonyl (C=O) groups excluding carboxylic acids is 2. The van der Waals surface area contributed by atoms with Gasteiger partial charge in [0.25, 0.3) is 17.5 Å². The van der Waals surface area contributed by atoms with Crippen LogP contribution >= 0.6 is 0 Å². The van der Waals surface area contributed by atoms with Crippen molar-refractivity contribution in [3.8, 4) is 11.5 Å². The third-order valence-electron chi connectivity index (χ3n) is 5.38. The minimum atomic E-state index is -0.526. The van der Waals surface area contributed by atoms with E-state index in [4.69, 9.17) is 9.47 Å². The number of hydrogen-bond acceptors (Lipinski definition) is 7. The molecule has 1 aliphatic rings. The van der Waals surface area contributed by atoms with Crippen LogP contribution in [0.15, 0.2) is 78.5 Å². The molecule has 0 aromatic heterocycles. The van der Waals surface area contributed by atoms with Crippen LogP contribution in [0.4, 0.5) is 11.4 Å². The number of methoxy groups -OCH3 is 2. The van der Waals surface area contributed by atoms with Crippen LogP contribution in [0.5, 0.6) is 11.5 Å². The van der Waals surface area contributed by atoms with Gasteiger partial charge in [-0.15, -0.1) is 0 Å². The van der Waals surface area contributed by atoms with Gasteiger partial charge in [-0.25, -0.2) is 0 Å². The first kappa shape index (κ1) is 22.5. The number of non-ortho nitro benzene ring substituents is 1. The fourth-order valence-corrected chi connectivity index (χ4v) is 3.67. The Bertz CT molecular complexity index is 1290. The summed E-state index contributed by atoms with van der Waals surface area (Å²) in [5.41, 5.74) is 1.63. The molecule has 9 heteroatoms. The van der Waals surface area contributed by atoms with Crippen molar-refractivity contribution in [1.82, 2.24) is 4.90 Å². The highest BCUT2D eigenvalue weighted by molar-refractivity contribution is 6.36. The lowest BCUT2D eigenvalue weighted by Crippen LogP contribution is -2.32. The van der Waals surface area contributed by atoms with E-state index in [-0.39, 0.29) is 23.5 Å². The SMILES string of the molecule is COc1ccc(OC)c(NC2=C(c3ccc([N+](=O)[O-])cc3)C(=O)N(Cc3ccccc3)C2=O)c1. The van der Waals surface area contributed by atoms with Gasteiger partial charge in [0, 0.05) is 18.2 Å². The first-order chi connectivity index (χ1) is 16.4. The van der Waals surface area contributed by atoms with Gasteiger partial charge in [0.2, 0.25) is 0 Å². The van der Waals surface area contributed by atoms with Crippen LogP contribution in [0.25, 0.3) is 5.57 Å². The molecule has 0 saturated heterocycles. The number of ether oxygens (including phenoxy) is 2. The number of nitrogens with one attached hydrogen (secondary N) is 1. The quantitative estimate of drug-likeness (QED) is 0.308. The molecular formula is C25H21N3O6. The first-order valence-corrected chi connectivity index (χ1v) is 10.3. The molecule has 34 heavy (non-hydrogen) atoms. The van der Waals surface area contributed by atoms with E-state index in [0.29, 0.717) is 22.7 Å². The van der Waals surface area contributed by atoms with Crippen LogP contribution in [-0.4, -0.2) is 35.9 Å². The maximum atomic E-state index is 13.4. The van der Waals surface area contributed by atoms with Crippen LogP contribution in [0.1, 0.15) is 11.1 Å². The second kappa shape index (κ2) is 9.45. The number of anilines is 1. The van der Waals surface area contributed by atoms with E-state index in [1.54, 1.807) is 18.2 Å². The largest absolute Gasteiger partial charge is 0.497 e. The molecule has 0 bridgehead atoms. The van der Waals surface area contributed by atoms with Gasteiger partial charge in [0.05, 0.1) is 36.9 Å². The molecule has 1 N–H and O–H groups in total. The number of imide groups is 1. The van der Waals surface area contributed by atoms with Crippen LogP contribution < -0.4 is 14.8 Å². The molecule has 1 heterocycles. The molecule has 4 rings (SSSR count). The van der Waals surface area contributed by atoms with Gasteiger partial charge in [-0.1, -0.05) is 30.3 Å². The minimum Gasteiger partial charge on any atom is -0.497 e. The van der Waals surface area contributed by atoms with E-state index in [0.717, 1.165) is 10.5 Å². The van der Waals surface area contributed by atoms with E-state index in [2.05, 4.69) is 5.32 Å². The predicted molar refractivity (Wildman–Crippen MR) is 125 cm³/mol. The number of nitrogens with zero attached hydrogens (tertiary/aromatic N) is 2. The molecule has 172 valence electrons. The molecule has 3 aromatic rings. The molecule has 0 aliphatic carbocycles. The highest BCUT2D eigenvalue weighted by Crippen LogP contribution is 2.36. The van der Waals surface area contributed by atoms with Crippen molar-refractivity contribution < 1.29 is 24.0 Å². The van der Waals surface area contributed by atoms with Gasteiger partial charge in [-0.3, -0.25) is 24.6 Å². The molecule has 0 spiro atoms. The number of nitro benzene ring substituents is 1. The Hall–Kier alpha value is -4.66. The van der Waals surface area contributed by atoms with Crippen LogP contribution in [0.3, 0.4) is 0 Å². The summed E-state index contributed by atoms with van der Waals surface area (Å²) in [6, 6.07) is 19.7. The topological polar surface area (TPSA) is 111 Å². The Morgan fingerprint density at radius 2 is 1.62 bits per heavy atom. The molecular weight excluding hydrogens is 438 g/mol. The average Bonchev–Trinajstić information content (AvgIpc) is 3.08. The summed E-state index contributed by atoms with van der Waals surface area (Å²) >= 11 is 0. The molecule has 9 nitrogen and oxygen atoms in total. The molecule has 0 radical (unpaired) electrons. The summed E-state index contributed by atoms with van der Waals surface area (Å²) < 4.78 is 10.7. The third kappa shape index (κ3) is 4.31. The lowest BCUT2D eigenvalue weighted by molar-refractivity contribution is -0.384. The van der Waals surface area contributed by atoms with Gasteiger partial charge in [-0.05, 0) is 35.4 Å². The lowest BCUT2D eigenvalue weighted by Gasteiger charge is -2.16. The van der Waals surface area contributed by atoms with E-state index in [1.165, 1.54) is 38.5 Å². The third-order valence-corrected chi connectivity index (χ3v) is 5.38. The van der Waals surface area contributed by atoms with Crippen molar-refractivity contribution >= 4 is 28.8 Å². The van der Waals surface area contributed by atoms with Crippen LogP contribution in [0, 0.1) is 10.1 Å². The summed E-state index contributed by atoms with van der Waals surface area (Å²) in [7, 11) is 3.00. The smallest absolute Gasteiger partial charge is 0.278 e. The van der Waals surface area contributed by atoms with Gasteiger partial charge in [0.1, 0.15) is 17.2 Å². The van der Waals surface area contributed by atoms with E-state index in [9.17, 15) is 19.7 Å². The van der Waals surface area contributed by atoms with Crippen molar-refractivity contribution in [3.05, 3.63) is 99.7 Å². The van der Waals surface area contributed by atoms with Crippen LogP contribution in [-0.2, 0) is 16.1 Å². The summed E-state index contributed by atoms with van der Waals surface area (Å²) in [6.07, 6.45) is 0. The van der Waals surface area contributed by atoms with Crippen molar-refractivity contribution in [2.45, 2.75) is 6.54 Å². The summed E-state index contributed by atoms with van der Waals surface area (Å²) in [5.74, 6) is -0.0593. The maximum absolute atomic E-state index is 13.4. The molecule has 0 unspecified atom stereocenters. The Morgan fingerprint density at radius 3 is 2.24 bits per heavy atom. The first-order valence-electron chi connectivity index (χ1n) is 10.3. The van der Waals surface area contributed by atoms with Gasteiger partial charge < -0.3 is 14.8 Å². The zero-order valence-electron chi connectivity index (χ0n) is 18.5. The predicted octanol–water partition coefficient (Wildman–Crippen LogP) is 4.00. The normalized spacial score (nSPS) is 13.3. The standard InChI is InChI=1S/C25H21N3O6/c1-33-19-12-13-21(34-2)20(14-19)26-23-22(17-8-10-18(11-9-17)28(31)32)24(29)27(25(23)30)15-16-6-4-3-5-7-16/h3-14,26H,15H2,1-2H3. The van der Waals surface area contributed by atoms with E-state index >= 15 is 0 Å². The molecule has 3 aromatic carbocycles. The molecule has 0 saturated carbocycles. The van der Waals surface area contributed by atoms with Crippen molar-refractivity contribution in [2.24, 2.45) is 0 Å². The zero-order valence-corrected chi connectivity index (χ0v) is 18.5. The highest BCUT2D eigenvalue weighted by Gasteiger charge is 2.39. The van der Waals surface area contributed by atoms with Gasteiger partial charge >= 0.3 is 0 Å². The van der Waals surface area contributed by atoms with Crippen molar-refractivity contribution in [2.75, 3.05) is 19.5 Å². The number of rotatable bonds is 8. The molecule has 0 fully saturated rings. The van der Waals surface area contributed by atoms with Gasteiger partial charge in [-0.2, -0.15) is 0 Å². The molecule has 1 aliphatic heterocycles. The van der Waals surface area contributed by atoms with Crippen molar-refractivity contribution in [3.63, 3.8) is 0 Å². The highest BCUT2D eigenvalue weighted by atomic mass is 16.6. The summed E-state index contributed by atoms with van der Waals surface area (Å²) in [4.78, 5) is 38.6. The number of carbonyl (C=O) groups is 2. The Kier molecular flexibility index (Phi) is 6.26. The van der Waals surface area contributed by atoms with Crippen molar-refractivity contribution in [1.29, 1.82) is 0 Å². The second-order valence-electron chi connectivity index (χ2n) is 7.43. The molecule has 2 amide bonds. The zero-order chi connectivity index (χ0) is 24.2. The Morgan fingerprint density at radius 1 is 0.912 bits per heavy atom. The lowest BCUT2D eigenvalue weighted by atomic mass is 10.0. The fourth-order valence-electron chi connectivity index (χ4n) is 3.67. The summed E-state index contributed by atoms with van der Waals surface area (Å²) in [6.45, 7) is 0.0788. The minimum absolute atomic E-state index is 0.0429. The number of nitro groups is 1. The Balaban J connectivity index is 1.79. The number of benzene rings is 3. The fraction of sp³-hybridized carbons (Fsp3) is 0.120. The maximum Gasteiger partial charge on any atom is 0.278 e. The molecule has 0 atom stereocenters. The monoisotopic (exact) mass is 459 g/mol.